The van der Waals surface area contributed by atoms with E-state index < -0.39 is 0 Å². The van der Waals surface area contributed by atoms with Crippen molar-refractivity contribution in [3.8, 4) is 0 Å². The van der Waals surface area contributed by atoms with Crippen molar-refractivity contribution in [1.82, 2.24) is 20.2 Å². The van der Waals surface area contributed by atoms with Crippen molar-refractivity contribution in [2.45, 2.75) is 20.3 Å². The van der Waals surface area contributed by atoms with Gasteiger partial charge in [0.25, 0.3) is 5.91 Å². The summed E-state index contributed by atoms with van der Waals surface area (Å²) in [6.45, 7) is 7.41. The molecule has 1 heterocycles. The topological polar surface area (TPSA) is 70.2 Å². The quantitative estimate of drug-likeness (QED) is 0.733. The van der Waals surface area contributed by atoms with Gasteiger partial charge in [-0.25, -0.2) is 9.97 Å². The van der Waals surface area contributed by atoms with E-state index in [1.54, 1.807) is 6.20 Å². The highest BCUT2D eigenvalue weighted by molar-refractivity contribution is 5.91. The molecule has 0 radical (unpaired) electrons. The second kappa shape index (κ2) is 8.42. The summed E-state index contributed by atoms with van der Waals surface area (Å²) in [7, 11) is 2.01. The van der Waals surface area contributed by atoms with Crippen LogP contribution in [0, 0.1) is 0 Å². The summed E-state index contributed by atoms with van der Waals surface area (Å²) < 4.78 is 0. The molecule has 0 unspecified atom stereocenters. The van der Waals surface area contributed by atoms with Crippen LogP contribution >= 0.6 is 0 Å². The van der Waals surface area contributed by atoms with Crippen molar-refractivity contribution in [3.63, 3.8) is 0 Å². The fourth-order valence-corrected chi connectivity index (χ4v) is 1.40. The molecule has 0 saturated carbocycles. The van der Waals surface area contributed by atoms with Crippen LogP contribution in [-0.4, -0.2) is 54.0 Å². The Morgan fingerprint density at radius 1 is 1.26 bits per heavy atom. The van der Waals surface area contributed by atoms with Crippen LogP contribution < -0.4 is 10.6 Å². The van der Waals surface area contributed by atoms with Crippen LogP contribution in [0.5, 0.6) is 0 Å². The van der Waals surface area contributed by atoms with Crippen molar-refractivity contribution in [1.29, 1.82) is 0 Å². The molecule has 0 spiro atoms. The molecule has 0 aliphatic heterocycles. The molecule has 0 aliphatic carbocycles. The molecule has 0 bridgehead atoms. The van der Waals surface area contributed by atoms with Crippen molar-refractivity contribution in [2.24, 2.45) is 0 Å². The Balaban J connectivity index is 2.40. The van der Waals surface area contributed by atoms with E-state index in [0.29, 0.717) is 18.1 Å². The molecule has 1 amide bonds. The van der Waals surface area contributed by atoms with E-state index in [1.165, 1.54) is 6.20 Å². The minimum atomic E-state index is -0.181. The number of amides is 1. The van der Waals surface area contributed by atoms with E-state index >= 15 is 0 Å². The zero-order valence-corrected chi connectivity index (χ0v) is 11.9. The van der Waals surface area contributed by atoms with Crippen LogP contribution in [0.15, 0.2) is 12.4 Å². The summed E-state index contributed by atoms with van der Waals surface area (Å²) in [6, 6.07) is 0. The Bertz CT molecular complexity index is 379. The van der Waals surface area contributed by atoms with Gasteiger partial charge in [0.2, 0.25) is 0 Å². The summed E-state index contributed by atoms with van der Waals surface area (Å²) >= 11 is 0. The summed E-state index contributed by atoms with van der Waals surface area (Å²) in [6.07, 6.45) is 4.11. The molecular formula is C13H23N5O. The van der Waals surface area contributed by atoms with Gasteiger partial charge in [0, 0.05) is 19.6 Å². The van der Waals surface area contributed by atoms with Gasteiger partial charge in [-0.15, -0.1) is 0 Å². The fraction of sp³-hybridized carbons (Fsp3) is 0.615. The number of hydrogen-bond acceptors (Lipinski definition) is 5. The average Bonchev–Trinajstić information content (AvgIpc) is 2.45. The van der Waals surface area contributed by atoms with E-state index in [4.69, 9.17) is 0 Å². The predicted molar refractivity (Wildman–Crippen MR) is 76.3 cm³/mol. The van der Waals surface area contributed by atoms with E-state index in [0.717, 1.165) is 26.1 Å². The number of rotatable bonds is 8. The van der Waals surface area contributed by atoms with Crippen LogP contribution in [0.3, 0.4) is 0 Å². The molecule has 0 saturated heterocycles. The standard InChI is InChI=1S/C13H23N5O/c1-4-6-14-12-10-16-11(9-17-12)13(19)15-7-8-18(3)5-2/h9-10H,4-8H2,1-3H3,(H,14,17)(H,15,19). The number of carbonyl (C=O) groups excluding carboxylic acids is 1. The van der Waals surface area contributed by atoms with Crippen molar-refractivity contribution in [2.75, 3.05) is 38.5 Å². The number of hydrogen-bond donors (Lipinski definition) is 2. The van der Waals surface area contributed by atoms with Gasteiger partial charge < -0.3 is 15.5 Å². The van der Waals surface area contributed by atoms with Crippen LogP contribution in [0.4, 0.5) is 5.82 Å². The predicted octanol–water partition coefficient (Wildman–Crippen LogP) is 0.980. The van der Waals surface area contributed by atoms with Gasteiger partial charge >= 0.3 is 0 Å². The monoisotopic (exact) mass is 265 g/mol. The smallest absolute Gasteiger partial charge is 0.271 e. The fourth-order valence-electron chi connectivity index (χ4n) is 1.40. The first-order valence-corrected chi connectivity index (χ1v) is 6.70. The highest BCUT2D eigenvalue weighted by Crippen LogP contribution is 2.00. The van der Waals surface area contributed by atoms with Crippen LogP contribution in [-0.2, 0) is 0 Å². The summed E-state index contributed by atoms with van der Waals surface area (Å²) in [4.78, 5) is 22.2. The van der Waals surface area contributed by atoms with E-state index in [2.05, 4.69) is 39.3 Å². The summed E-state index contributed by atoms with van der Waals surface area (Å²) in [5, 5.41) is 5.94. The normalized spacial score (nSPS) is 10.5. The van der Waals surface area contributed by atoms with Gasteiger partial charge in [0.1, 0.15) is 11.5 Å². The number of anilines is 1. The van der Waals surface area contributed by atoms with Crippen LogP contribution in [0.25, 0.3) is 0 Å². The number of carbonyl (C=O) groups is 1. The van der Waals surface area contributed by atoms with Gasteiger partial charge in [-0.1, -0.05) is 13.8 Å². The van der Waals surface area contributed by atoms with Gasteiger partial charge in [-0.3, -0.25) is 4.79 Å². The Kier molecular flexibility index (Phi) is 6.81. The van der Waals surface area contributed by atoms with Crippen LogP contribution in [0.2, 0.25) is 0 Å². The maximum absolute atomic E-state index is 11.8. The molecule has 1 rings (SSSR count). The molecule has 0 fully saturated rings. The largest absolute Gasteiger partial charge is 0.369 e. The maximum Gasteiger partial charge on any atom is 0.271 e. The second-order valence-corrected chi connectivity index (χ2v) is 4.37. The zero-order chi connectivity index (χ0) is 14.1. The summed E-state index contributed by atoms with van der Waals surface area (Å²) in [5.74, 6) is 0.517. The van der Waals surface area contributed by atoms with Crippen molar-refractivity contribution >= 4 is 11.7 Å². The summed E-state index contributed by atoms with van der Waals surface area (Å²) in [5.41, 5.74) is 0.348. The van der Waals surface area contributed by atoms with E-state index in [1.807, 2.05) is 7.05 Å². The molecule has 1 aromatic heterocycles. The highest BCUT2D eigenvalue weighted by Gasteiger charge is 2.07. The van der Waals surface area contributed by atoms with E-state index in [9.17, 15) is 4.79 Å². The SMILES string of the molecule is CCCNc1cnc(C(=O)NCCN(C)CC)cn1. The molecule has 106 valence electrons. The van der Waals surface area contributed by atoms with Gasteiger partial charge in [0.05, 0.1) is 12.4 Å². The first kappa shape index (κ1) is 15.4. The second-order valence-electron chi connectivity index (χ2n) is 4.37. The zero-order valence-electron chi connectivity index (χ0n) is 11.9. The van der Waals surface area contributed by atoms with Crippen molar-refractivity contribution in [3.05, 3.63) is 18.1 Å². The van der Waals surface area contributed by atoms with Gasteiger partial charge in [-0.2, -0.15) is 0 Å². The molecule has 6 heteroatoms. The Hall–Kier alpha value is -1.69. The lowest BCUT2D eigenvalue weighted by Crippen LogP contribution is -2.33. The molecular weight excluding hydrogens is 242 g/mol. The number of aromatic nitrogens is 2. The van der Waals surface area contributed by atoms with Gasteiger partial charge in [0.15, 0.2) is 0 Å². The minimum absolute atomic E-state index is 0.181. The molecule has 0 aliphatic rings. The highest BCUT2D eigenvalue weighted by atomic mass is 16.1. The Morgan fingerprint density at radius 3 is 2.63 bits per heavy atom. The number of nitrogens with zero attached hydrogens (tertiary/aromatic N) is 3. The maximum atomic E-state index is 11.8. The first-order valence-electron chi connectivity index (χ1n) is 6.70. The lowest BCUT2D eigenvalue weighted by Gasteiger charge is -2.13. The molecule has 6 nitrogen and oxygen atoms in total. The Morgan fingerprint density at radius 2 is 2.05 bits per heavy atom. The lowest BCUT2D eigenvalue weighted by molar-refractivity contribution is 0.0945. The van der Waals surface area contributed by atoms with E-state index in [-0.39, 0.29) is 5.91 Å². The average molecular weight is 265 g/mol. The third-order valence-electron chi connectivity index (χ3n) is 2.76. The number of likely N-dealkylation sites (N-methyl/N-ethyl adjacent to an activating group) is 1. The third-order valence-corrected chi connectivity index (χ3v) is 2.76. The molecule has 2 N–H and O–H groups in total. The lowest BCUT2D eigenvalue weighted by atomic mass is 10.4. The molecule has 1 aromatic rings. The van der Waals surface area contributed by atoms with Crippen molar-refractivity contribution < 1.29 is 4.79 Å². The molecule has 0 atom stereocenters. The minimum Gasteiger partial charge on any atom is -0.369 e. The van der Waals surface area contributed by atoms with Crippen LogP contribution in [0.1, 0.15) is 30.8 Å². The molecule has 19 heavy (non-hydrogen) atoms. The Labute approximate surface area is 114 Å². The first-order chi connectivity index (χ1) is 9.17. The molecule has 0 aromatic carbocycles. The number of nitrogens with one attached hydrogen (secondary N) is 2. The third kappa shape index (κ3) is 5.65. The van der Waals surface area contributed by atoms with Gasteiger partial charge in [-0.05, 0) is 20.0 Å².